The van der Waals surface area contributed by atoms with E-state index in [1.54, 1.807) is 25.3 Å². The summed E-state index contributed by atoms with van der Waals surface area (Å²) in [5.41, 5.74) is 6.24. The first-order valence-corrected chi connectivity index (χ1v) is 5.79. The van der Waals surface area contributed by atoms with Gasteiger partial charge in [0.2, 0.25) is 5.91 Å². The van der Waals surface area contributed by atoms with Crippen molar-refractivity contribution in [3.63, 3.8) is 0 Å². The van der Waals surface area contributed by atoms with Crippen LogP contribution < -0.4 is 15.8 Å². The Labute approximate surface area is 106 Å². The largest absolute Gasteiger partial charge is 0.495 e. The molecule has 4 nitrogen and oxygen atoms in total. The van der Waals surface area contributed by atoms with Gasteiger partial charge in [-0.1, -0.05) is 11.6 Å². The molecular formula is C12H17ClN2O2. The van der Waals surface area contributed by atoms with Crippen molar-refractivity contribution in [3.8, 4) is 5.75 Å². The van der Waals surface area contributed by atoms with Crippen LogP contribution in [-0.2, 0) is 4.79 Å². The SMILES string of the molecule is COc1ccc(NC(=O)CCC(C)N)cc1Cl. The van der Waals surface area contributed by atoms with Gasteiger partial charge in [0.15, 0.2) is 0 Å². The normalized spacial score (nSPS) is 12.0. The van der Waals surface area contributed by atoms with Gasteiger partial charge in [-0.25, -0.2) is 0 Å². The summed E-state index contributed by atoms with van der Waals surface area (Å²) in [7, 11) is 1.54. The second-order valence-corrected chi connectivity index (χ2v) is 4.32. The van der Waals surface area contributed by atoms with E-state index >= 15 is 0 Å². The molecule has 0 fully saturated rings. The van der Waals surface area contributed by atoms with E-state index in [0.29, 0.717) is 29.3 Å². The topological polar surface area (TPSA) is 64.3 Å². The maximum Gasteiger partial charge on any atom is 0.224 e. The number of ether oxygens (including phenoxy) is 1. The lowest BCUT2D eigenvalue weighted by Crippen LogP contribution is -2.19. The average Bonchev–Trinajstić information content (AvgIpc) is 2.26. The molecule has 0 aliphatic heterocycles. The van der Waals surface area contributed by atoms with Crippen LogP contribution in [0.3, 0.4) is 0 Å². The molecule has 1 aromatic rings. The van der Waals surface area contributed by atoms with Gasteiger partial charge in [-0.2, -0.15) is 0 Å². The number of nitrogens with one attached hydrogen (secondary N) is 1. The monoisotopic (exact) mass is 256 g/mol. The van der Waals surface area contributed by atoms with Crippen molar-refractivity contribution in [3.05, 3.63) is 23.2 Å². The third-order valence-corrected chi connectivity index (χ3v) is 2.56. The number of anilines is 1. The van der Waals surface area contributed by atoms with E-state index in [0.717, 1.165) is 0 Å². The molecule has 1 atom stereocenters. The molecule has 0 heterocycles. The van der Waals surface area contributed by atoms with Gasteiger partial charge in [0, 0.05) is 18.2 Å². The fourth-order valence-corrected chi connectivity index (χ4v) is 1.58. The molecule has 5 heteroatoms. The lowest BCUT2D eigenvalue weighted by atomic mass is 10.2. The van der Waals surface area contributed by atoms with E-state index in [1.807, 2.05) is 6.92 Å². The Morgan fingerprint density at radius 1 is 1.59 bits per heavy atom. The van der Waals surface area contributed by atoms with E-state index in [-0.39, 0.29) is 11.9 Å². The minimum absolute atomic E-state index is 0.0280. The summed E-state index contributed by atoms with van der Waals surface area (Å²) in [6.07, 6.45) is 1.07. The van der Waals surface area contributed by atoms with Gasteiger partial charge < -0.3 is 15.8 Å². The number of halogens is 1. The molecule has 0 aliphatic carbocycles. The number of rotatable bonds is 5. The predicted molar refractivity (Wildman–Crippen MR) is 69.5 cm³/mol. The highest BCUT2D eigenvalue weighted by molar-refractivity contribution is 6.32. The number of carbonyl (C=O) groups excluding carboxylic acids is 1. The summed E-state index contributed by atoms with van der Waals surface area (Å²) in [5, 5.41) is 3.22. The quantitative estimate of drug-likeness (QED) is 0.850. The molecule has 0 aromatic heterocycles. The molecule has 1 unspecified atom stereocenters. The number of hydrogen-bond donors (Lipinski definition) is 2. The highest BCUT2D eigenvalue weighted by Gasteiger charge is 2.06. The van der Waals surface area contributed by atoms with E-state index < -0.39 is 0 Å². The molecule has 0 aliphatic rings. The highest BCUT2D eigenvalue weighted by atomic mass is 35.5. The van der Waals surface area contributed by atoms with E-state index in [9.17, 15) is 4.79 Å². The fourth-order valence-electron chi connectivity index (χ4n) is 1.33. The van der Waals surface area contributed by atoms with Crippen molar-refractivity contribution >= 4 is 23.2 Å². The number of amides is 1. The zero-order valence-corrected chi connectivity index (χ0v) is 10.8. The summed E-state index contributed by atoms with van der Waals surface area (Å²) < 4.78 is 5.02. The Hall–Kier alpha value is -1.26. The molecular weight excluding hydrogens is 240 g/mol. The smallest absolute Gasteiger partial charge is 0.224 e. The van der Waals surface area contributed by atoms with Crippen LogP contribution in [0.4, 0.5) is 5.69 Å². The van der Waals surface area contributed by atoms with Crippen LogP contribution in [0, 0.1) is 0 Å². The van der Waals surface area contributed by atoms with Crippen molar-refractivity contribution in [1.29, 1.82) is 0 Å². The van der Waals surface area contributed by atoms with Gasteiger partial charge >= 0.3 is 0 Å². The Morgan fingerprint density at radius 2 is 2.29 bits per heavy atom. The molecule has 3 N–H and O–H groups in total. The molecule has 0 bridgehead atoms. The van der Waals surface area contributed by atoms with E-state index in [4.69, 9.17) is 22.1 Å². The molecule has 0 saturated carbocycles. The first-order valence-electron chi connectivity index (χ1n) is 5.42. The Morgan fingerprint density at radius 3 is 2.82 bits per heavy atom. The summed E-state index contributed by atoms with van der Waals surface area (Å²) in [6, 6.07) is 5.14. The molecule has 0 radical (unpaired) electrons. The van der Waals surface area contributed by atoms with Gasteiger partial charge in [-0.3, -0.25) is 4.79 Å². The molecule has 17 heavy (non-hydrogen) atoms. The average molecular weight is 257 g/mol. The van der Waals surface area contributed by atoms with Crippen LogP contribution >= 0.6 is 11.6 Å². The molecule has 0 spiro atoms. The van der Waals surface area contributed by atoms with Gasteiger partial charge in [0.25, 0.3) is 0 Å². The second kappa shape index (κ2) is 6.47. The third-order valence-electron chi connectivity index (χ3n) is 2.26. The first kappa shape index (κ1) is 13.8. The van der Waals surface area contributed by atoms with E-state index in [2.05, 4.69) is 5.32 Å². The number of methoxy groups -OCH3 is 1. The van der Waals surface area contributed by atoms with Crippen LogP contribution in [0.1, 0.15) is 19.8 Å². The van der Waals surface area contributed by atoms with Crippen LogP contribution in [0.2, 0.25) is 5.02 Å². The standard InChI is InChI=1S/C12H17ClN2O2/c1-8(14)3-6-12(16)15-9-4-5-11(17-2)10(13)7-9/h4-5,7-8H,3,6,14H2,1-2H3,(H,15,16). The van der Waals surface area contributed by atoms with Gasteiger partial charge in [0.05, 0.1) is 12.1 Å². The minimum Gasteiger partial charge on any atom is -0.495 e. The first-order chi connectivity index (χ1) is 8.02. The van der Waals surface area contributed by atoms with Gasteiger partial charge in [-0.15, -0.1) is 0 Å². The Balaban J connectivity index is 2.57. The molecule has 1 amide bonds. The zero-order valence-electron chi connectivity index (χ0n) is 10.00. The lowest BCUT2D eigenvalue weighted by Gasteiger charge is -2.08. The molecule has 1 aromatic carbocycles. The van der Waals surface area contributed by atoms with Crippen LogP contribution in [0.5, 0.6) is 5.75 Å². The molecule has 1 rings (SSSR count). The second-order valence-electron chi connectivity index (χ2n) is 3.91. The zero-order chi connectivity index (χ0) is 12.8. The summed E-state index contributed by atoms with van der Waals surface area (Å²) in [6.45, 7) is 1.87. The van der Waals surface area contributed by atoms with Crippen LogP contribution in [0.25, 0.3) is 0 Å². The third kappa shape index (κ3) is 4.63. The maximum absolute atomic E-state index is 11.5. The van der Waals surface area contributed by atoms with Crippen molar-refractivity contribution in [2.24, 2.45) is 5.73 Å². The number of hydrogen-bond acceptors (Lipinski definition) is 3. The van der Waals surface area contributed by atoms with Crippen molar-refractivity contribution in [2.45, 2.75) is 25.8 Å². The summed E-state index contributed by atoms with van der Waals surface area (Å²) in [4.78, 5) is 11.5. The van der Waals surface area contributed by atoms with Gasteiger partial charge in [-0.05, 0) is 31.5 Å². The minimum atomic E-state index is -0.0662. The maximum atomic E-state index is 11.5. The predicted octanol–water partition coefficient (Wildman–Crippen LogP) is 2.41. The number of nitrogens with two attached hydrogens (primary N) is 1. The lowest BCUT2D eigenvalue weighted by molar-refractivity contribution is -0.116. The summed E-state index contributed by atoms with van der Waals surface area (Å²) in [5.74, 6) is 0.517. The number of benzene rings is 1. The van der Waals surface area contributed by atoms with Crippen LogP contribution in [0.15, 0.2) is 18.2 Å². The van der Waals surface area contributed by atoms with Crippen molar-refractivity contribution in [2.75, 3.05) is 12.4 Å². The summed E-state index contributed by atoms with van der Waals surface area (Å²) >= 11 is 5.94. The van der Waals surface area contributed by atoms with Crippen LogP contribution in [-0.4, -0.2) is 19.1 Å². The Bertz CT molecular complexity index is 394. The Kier molecular flexibility index (Phi) is 5.25. The molecule has 94 valence electrons. The van der Waals surface area contributed by atoms with Crippen molar-refractivity contribution < 1.29 is 9.53 Å². The highest BCUT2D eigenvalue weighted by Crippen LogP contribution is 2.27. The van der Waals surface area contributed by atoms with Crippen molar-refractivity contribution in [1.82, 2.24) is 0 Å². The van der Waals surface area contributed by atoms with Gasteiger partial charge in [0.1, 0.15) is 5.75 Å². The molecule has 0 saturated heterocycles. The van der Waals surface area contributed by atoms with E-state index in [1.165, 1.54) is 0 Å². The fraction of sp³-hybridized carbons (Fsp3) is 0.417. The number of carbonyl (C=O) groups is 1.